The third-order valence-corrected chi connectivity index (χ3v) is 6.40. The number of imidazole rings is 1. The van der Waals surface area contributed by atoms with Crippen molar-refractivity contribution in [1.29, 1.82) is 5.41 Å². The van der Waals surface area contributed by atoms with E-state index in [2.05, 4.69) is 28.0 Å². The van der Waals surface area contributed by atoms with Crippen molar-refractivity contribution in [2.75, 3.05) is 5.73 Å². The lowest BCUT2D eigenvalue weighted by atomic mass is 9.95. The number of nitrogens with zero attached hydrogens (tertiary/aromatic N) is 3. The van der Waals surface area contributed by atoms with Gasteiger partial charge in [-0.1, -0.05) is 50.4 Å². The molecule has 37 heavy (non-hydrogen) atoms. The van der Waals surface area contributed by atoms with Crippen molar-refractivity contribution < 1.29 is 4.39 Å². The van der Waals surface area contributed by atoms with Crippen LogP contribution < -0.4 is 5.73 Å². The lowest BCUT2D eigenvalue weighted by Crippen LogP contribution is -2.18. The number of aryl methyl sites for hydroxylation is 1. The number of anilines is 1. The van der Waals surface area contributed by atoms with Crippen molar-refractivity contribution >= 4 is 17.6 Å². The monoisotopic (exact) mass is 496 g/mol. The van der Waals surface area contributed by atoms with Gasteiger partial charge in [-0.25, -0.2) is 9.37 Å². The first-order valence-electron chi connectivity index (χ1n) is 12.4. The summed E-state index contributed by atoms with van der Waals surface area (Å²) < 4.78 is 13.9. The summed E-state index contributed by atoms with van der Waals surface area (Å²) in [6.07, 6.45) is 6.24. The van der Waals surface area contributed by atoms with E-state index < -0.39 is 0 Å². The Labute approximate surface area is 217 Å². The number of rotatable bonds is 9. The Morgan fingerprint density at radius 3 is 2.70 bits per heavy atom. The van der Waals surface area contributed by atoms with Crippen LogP contribution >= 0.6 is 0 Å². The number of nitrogens with two attached hydrogens (primary N) is 1. The van der Waals surface area contributed by atoms with E-state index in [1.54, 1.807) is 24.3 Å². The number of hydrogen-bond acceptors (Lipinski definition) is 5. The maximum atomic E-state index is 13.9. The number of aromatic nitrogens is 2. The van der Waals surface area contributed by atoms with Crippen LogP contribution in [0.1, 0.15) is 49.1 Å². The summed E-state index contributed by atoms with van der Waals surface area (Å²) in [6, 6.07) is 10.5. The summed E-state index contributed by atoms with van der Waals surface area (Å²) in [7, 11) is 0. The quantitative estimate of drug-likeness (QED) is 0.187. The molecule has 0 bridgehead atoms. The zero-order chi connectivity index (χ0) is 26.7. The van der Waals surface area contributed by atoms with Crippen molar-refractivity contribution in [1.82, 2.24) is 14.9 Å². The molecule has 190 valence electrons. The molecule has 4 N–H and O–H groups in total. The highest BCUT2D eigenvalue weighted by Gasteiger charge is 2.26. The highest BCUT2D eigenvalue weighted by molar-refractivity contribution is 6.12. The van der Waals surface area contributed by atoms with Crippen LogP contribution in [-0.2, 0) is 19.5 Å². The number of H-pyrrole nitrogens is 1. The molecular weight excluding hydrogens is 463 g/mol. The van der Waals surface area contributed by atoms with Gasteiger partial charge in [0.05, 0.1) is 24.5 Å². The molecule has 2 heterocycles. The Morgan fingerprint density at radius 2 is 2.05 bits per heavy atom. The van der Waals surface area contributed by atoms with Gasteiger partial charge in [-0.3, -0.25) is 10.4 Å². The van der Waals surface area contributed by atoms with E-state index in [1.807, 2.05) is 39.1 Å². The molecule has 0 radical (unpaired) electrons. The van der Waals surface area contributed by atoms with Gasteiger partial charge in [-0.2, -0.15) is 0 Å². The Kier molecular flexibility index (Phi) is 7.53. The fourth-order valence-corrected chi connectivity index (χ4v) is 4.41. The maximum Gasteiger partial charge on any atom is 0.156 e. The van der Waals surface area contributed by atoms with Gasteiger partial charge in [-0.05, 0) is 55.2 Å². The highest BCUT2D eigenvalue weighted by Crippen LogP contribution is 2.31. The Balaban J connectivity index is 1.52. The maximum absolute atomic E-state index is 13.9. The molecule has 0 atom stereocenters. The summed E-state index contributed by atoms with van der Waals surface area (Å²) >= 11 is 0. The predicted molar refractivity (Wildman–Crippen MR) is 150 cm³/mol. The predicted octanol–water partition coefficient (Wildman–Crippen LogP) is 6.20. The molecule has 2 aromatic carbocycles. The van der Waals surface area contributed by atoms with Crippen LogP contribution in [0.5, 0.6) is 0 Å². The molecule has 0 saturated carbocycles. The van der Waals surface area contributed by atoms with Crippen molar-refractivity contribution in [3.05, 3.63) is 107 Å². The van der Waals surface area contributed by atoms with E-state index in [-0.39, 0.29) is 17.6 Å². The minimum absolute atomic E-state index is 0.187. The lowest BCUT2D eigenvalue weighted by Gasteiger charge is -2.21. The van der Waals surface area contributed by atoms with E-state index in [9.17, 15) is 4.39 Å². The zero-order valence-corrected chi connectivity index (χ0v) is 21.6. The molecule has 0 spiro atoms. The minimum Gasteiger partial charge on any atom is -0.398 e. The Hall–Kier alpha value is -4.26. The topological polar surface area (TPSA) is 94.2 Å². The molecule has 3 aromatic rings. The van der Waals surface area contributed by atoms with E-state index in [1.165, 1.54) is 12.1 Å². The van der Waals surface area contributed by atoms with Gasteiger partial charge < -0.3 is 15.6 Å². The van der Waals surface area contributed by atoms with E-state index in [0.29, 0.717) is 30.2 Å². The molecule has 1 aliphatic rings. The molecule has 0 unspecified atom stereocenters. The second-order valence-corrected chi connectivity index (χ2v) is 9.38. The average molecular weight is 497 g/mol. The molecule has 7 heteroatoms. The first-order valence-corrected chi connectivity index (χ1v) is 12.4. The third kappa shape index (κ3) is 5.45. The normalized spacial score (nSPS) is 13.4. The number of aliphatic imine (C=N–C) groups is 1. The fourth-order valence-electron chi connectivity index (χ4n) is 4.41. The molecule has 1 aliphatic heterocycles. The minimum atomic E-state index is -0.288. The molecule has 0 saturated heterocycles. The van der Waals surface area contributed by atoms with Crippen LogP contribution in [0, 0.1) is 11.2 Å². The summed E-state index contributed by atoms with van der Waals surface area (Å²) in [5.74, 6) is 0.182. The summed E-state index contributed by atoms with van der Waals surface area (Å²) in [4.78, 5) is 14.6. The van der Waals surface area contributed by atoms with Gasteiger partial charge in [-0.15, -0.1) is 0 Å². The molecule has 0 fully saturated rings. The lowest BCUT2D eigenvalue weighted by molar-refractivity contribution is 0.368. The molecule has 4 rings (SSSR count). The van der Waals surface area contributed by atoms with Crippen LogP contribution in [0.3, 0.4) is 0 Å². The van der Waals surface area contributed by atoms with E-state index in [4.69, 9.17) is 16.1 Å². The number of hydrogen-bond donors (Lipinski definition) is 3. The fraction of sp³-hybridized carbons (Fsp3) is 0.233. The standard InChI is InChI=1S/C30H33FN6/c1-6-8-22(15-34-18(3)4)19(5)37-16-27-28(17-37)36-30(35-27)29(33)24-12-10-21(13-26(24)32)25-14-23(31)11-9-20(25)7-2/h6,8-15,18,33H,1,5,7,16-17,32H2,2-4H3,(H,35,36)/b22-8+,33-29?,34-15?. The number of fused-ring (bicyclic) bond motifs is 1. The number of benzene rings is 2. The van der Waals surface area contributed by atoms with Gasteiger partial charge >= 0.3 is 0 Å². The van der Waals surface area contributed by atoms with E-state index in [0.717, 1.165) is 45.8 Å². The van der Waals surface area contributed by atoms with Crippen molar-refractivity contribution in [2.45, 2.75) is 46.3 Å². The van der Waals surface area contributed by atoms with Gasteiger partial charge in [0.15, 0.2) is 5.82 Å². The molecule has 6 nitrogen and oxygen atoms in total. The second-order valence-electron chi connectivity index (χ2n) is 9.38. The first kappa shape index (κ1) is 25.8. The number of allylic oxidation sites excluding steroid dienone is 3. The third-order valence-electron chi connectivity index (χ3n) is 6.40. The van der Waals surface area contributed by atoms with Crippen molar-refractivity contribution in [3.63, 3.8) is 0 Å². The van der Waals surface area contributed by atoms with Gasteiger partial charge in [0.25, 0.3) is 0 Å². The van der Waals surface area contributed by atoms with Crippen LogP contribution in [0.2, 0.25) is 0 Å². The molecule has 1 aromatic heterocycles. The SMILES string of the molecule is C=C/C=C(\C=NC(C)C)C(=C)N1Cc2nc(C(=N)c3ccc(-c4cc(F)ccc4CC)cc3N)[nH]c2C1. The Morgan fingerprint density at radius 1 is 1.27 bits per heavy atom. The summed E-state index contributed by atoms with van der Waals surface area (Å²) in [6.45, 7) is 15.3. The second kappa shape index (κ2) is 10.8. The average Bonchev–Trinajstić information content (AvgIpc) is 3.45. The first-order chi connectivity index (χ1) is 17.7. The Bertz CT molecular complexity index is 1400. The van der Waals surface area contributed by atoms with E-state index >= 15 is 0 Å². The van der Waals surface area contributed by atoms with Gasteiger partial charge in [0, 0.05) is 34.8 Å². The molecule has 0 amide bonds. The van der Waals surface area contributed by atoms with Crippen LogP contribution in [0.4, 0.5) is 10.1 Å². The number of halogens is 1. The molecular formula is C30H33FN6. The van der Waals surface area contributed by atoms with Crippen LogP contribution in [0.15, 0.2) is 78.0 Å². The zero-order valence-electron chi connectivity index (χ0n) is 21.6. The van der Waals surface area contributed by atoms with Gasteiger partial charge in [0.1, 0.15) is 11.5 Å². The van der Waals surface area contributed by atoms with Gasteiger partial charge in [0.2, 0.25) is 0 Å². The highest BCUT2D eigenvalue weighted by atomic mass is 19.1. The number of aromatic amines is 1. The molecule has 0 aliphatic carbocycles. The number of nitrogens with one attached hydrogen (secondary N) is 2. The largest absolute Gasteiger partial charge is 0.398 e. The smallest absolute Gasteiger partial charge is 0.156 e. The number of nitrogen functional groups attached to an aromatic ring is 1. The van der Waals surface area contributed by atoms with Crippen LogP contribution in [-0.4, -0.2) is 32.8 Å². The summed E-state index contributed by atoms with van der Waals surface area (Å²) in [5, 5.41) is 8.76. The van der Waals surface area contributed by atoms with Crippen molar-refractivity contribution in [3.8, 4) is 11.1 Å². The van der Waals surface area contributed by atoms with Crippen LogP contribution in [0.25, 0.3) is 11.1 Å². The summed E-state index contributed by atoms with van der Waals surface area (Å²) in [5.41, 5.74) is 13.9. The van der Waals surface area contributed by atoms with Crippen molar-refractivity contribution in [2.24, 2.45) is 4.99 Å².